The van der Waals surface area contributed by atoms with Crippen LogP contribution < -0.4 is 5.32 Å². The maximum absolute atomic E-state index is 5.69. The molecular formula is C13H27NO2. The van der Waals surface area contributed by atoms with Crippen LogP contribution >= 0.6 is 0 Å². The summed E-state index contributed by atoms with van der Waals surface area (Å²) in [6, 6.07) is 0. The van der Waals surface area contributed by atoms with E-state index < -0.39 is 0 Å². The number of hydrogen-bond acceptors (Lipinski definition) is 3. The predicted octanol–water partition coefficient (Wildman–Crippen LogP) is 2.21. The molecule has 1 aliphatic heterocycles. The Morgan fingerprint density at radius 1 is 1.38 bits per heavy atom. The molecule has 3 nitrogen and oxygen atoms in total. The fraction of sp³-hybridized carbons (Fsp3) is 1.00. The van der Waals surface area contributed by atoms with Crippen molar-refractivity contribution in [2.45, 2.75) is 45.6 Å². The highest BCUT2D eigenvalue weighted by Crippen LogP contribution is 2.19. The number of methoxy groups -OCH3 is 1. The van der Waals surface area contributed by atoms with E-state index in [0.29, 0.717) is 11.5 Å². The molecular weight excluding hydrogens is 202 g/mol. The largest absolute Gasteiger partial charge is 0.385 e. The monoisotopic (exact) mass is 229 g/mol. The Kier molecular flexibility index (Phi) is 6.32. The first-order chi connectivity index (χ1) is 7.64. The van der Waals surface area contributed by atoms with E-state index in [1.54, 1.807) is 7.11 Å². The van der Waals surface area contributed by atoms with Crippen molar-refractivity contribution in [3.63, 3.8) is 0 Å². The maximum atomic E-state index is 5.69. The molecule has 0 aliphatic carbocycles. The van der Waals surface area contributed by atoms with Gasteiger partial charge < -0.3 is 14.8 Å². The summed E-state index contributed by atoms with van der Waals surface area (Å²) < 4.78 is 10.8. The summed E-state index contributed by atoms with van der Waals surface area (Å²) in [7, 11) is 1.76. The summed E-state index contributed by atoms with van der Waals surface area (Å²) in [4.78, 5) is 0. The molecule has 1 heterocycles. The molecule has 16 heavy (non-hydrogen) atoms. The summed E-state index contributed by atoms with van der Waals surface area (Å²) >= 11 is 0. The average Bonchev–Trinajstić information content (AvgIpc) is 2.28. The SMILES string of the molecule is COCCC(C)(C)CNCC1CCCCO1. The van der Waals surface area contributed by atoms with Crippen LogP contribution in [0.1, 0.15) is 39.5 Å². The van der Waals surface area contributed by atoms with Crippen molar-refractivity contribution < 1.29 is 9.47 Å². The number of nitrogens with one attached hydrogen (secondary N) is 1. The van der Waals surface area contributed by atoms with Crippen LogP contribution in [0.5, 0.6) is 0 Å². The topological polar surface area (TPSA) is 30.5 Å². The van der Waals surface area contributed by atoms with Crippen LogP contribution in [0.3, 0.4) is 0 Å². The number of rotatable bonds is 7. The Morgan fingerprint density at radius 3 is 2.81 bits per heavy atom. The molecule has 0 aromatic heterocycles. The van der Waals surface area contributed by atoms with Gasteiger partial charge in [-0.2, -0.15) is 0 Å². The number of hydrogen-bond donors (Lipinski definition) is 1. The van der Waals surface area contributed by atoms with Gasteiger partial charge in [-0.05, 0) is 31.1 Å². The van der Waals surface area contributed by atoms with Crippen molar-refractivity contribution in [1.29, 1.82) is 0 Å². The first-order valence-corrected chi connectivity index (χ1v) is 6.45. The molecule has 1 unspecified atom stereocenters. The fourth-order valence-electron chi connectivity index (χ4n) is 2.01. The first kappa shape index (κ1) is 13.9. The van der Waals surface area contributed by atoms with Gasteiger partial charge in [-0.3, -0.25) is 0 Å². The second kappa shape index (κ2) is 7.25. The van der Waals surface area contributed by atoms with E-state index >= 15 is 0 Å². The molecule has 96 valence electrons. The molecule has 0 aromatic rings. The Hall–Kier alpha value is -0.120. The standard InChI is InChI=1S/C13H27NO2/c1-13(2,7-9-15-3)11-14-10-12-6-4-5-8-16-12/h12,14H,4-11H2,1-3H3. The van der Waals surface area contributed by atoms with Crippen LogP contribution in [-0.4, -0.2) is 39.5 Å². The lowest BCUT2D eigenvalue weighted by Gasteiger charge is -2.27. The highest BCUT2D eigenvalue weighted by atomic mass is 16.5. The lowest BCUT2D eigenvalue weighted by Crippen LogP contribution is -2.37. The Morgan fingerprint density at radius 2 is 2.19 bits per heavy atom. The van der Waals surface area contributed by atoms with Crippen LogP contribution in [0, 0.1) is 5.41 Å². The normalized spacial score (nSPS) is 22.3. The van der Waals surface area contributed by atoms with Gasteiger partial charge in [0, 0.05) is 33.4 Å². The van der Waals surface area contributed by atoms with Gasteiger partial charge >= 0.3 is 0 Å². The summed E-state index contributed by atoms with van der Waals surface area (Å²) in [5.41, 5.74) is 0.310. The molecule has 3 heteroatoms. The van der Waals surface area contributed by atoms with Gasteiger partial charge in [-0.15, -0.1) is 0 Å². The number of ether oxygens (including phenoxy) is 2. The van der Waals surface area contributed by atoms with E-state index in [-0.39, 0.29) is 0 Å². The zero-order valence-electron chi connectivity index (χ0n) is 11.1. The van der Waals surface area contributed by atoms with Crippen LogP contribution in [0.15, 0.2) is 0 Å². The Labute approximate surface area is 99.9 Å². The van der Waals surface area contributed by atoms with Gasteiger partial charge in [0.25, 0.3) is 0 Å². The Balaban J connectivity index is 2.08. The molecule has 1 N–H and O–H groups in total. The third-order valence-electron chi connectivity index (χ3n) is 3.23. The van der Waals surface area contributed by atoms with Gasteiger partial charge in [-0.1, -0.05) is 13.8 Å². The average molecular weight is 229 g/mol. The predicted molar refractivity (Wildman–Crippen MR) is 66.7 cm³/mol. The van der Waals surface area contributed by atoms with Gasteiger partial charge in [-0.25, -0.2) is 0 Å². The van der Waals surface area contributed by atoms with Crippen molar-refractivity contribution in [2.75, 3.05) is 33.4 Å². The third-order valence-corrected chi connectivity index (χ3v) is 3.23. The summed E-state index contributed by atoms with van der Waals surface area (Å²) in [6.45, 7) is 8.38. The molecule has 0 amide bonds. The van der Waals surface area contributed by atoms with Crippen molar-refractivity contribution in [3.05, 3.63) is 0 Å². The molecule has 0 saturated carbocycles. The summed E-state index contributed by atoms with van der Waals surface area (Å²) in [6.07, 6.45) is 5.30. The molecule has 1 atom stereocenters. The fourth-order valence-corrected chi connectivity index (χ4v) is 2.01. The second-order valence-corrected chi connectivity index (χ2v) is 5.53. The highest BCUT2D eigenvalue weighted by molar-refractivity contribution is 4.73. The lowest BCUT2D eigenvalue weighted by molar-refractivity contribution is 0.0153. The van der Waals surface area contributed by atoms with Crippen LogP contribution in [-0.2, 0) is 9.47 Å². The molecule has 0 aromatic carbocycles. The van der Waals surface area contributed by atoms with Crippen molar-refractivity contribution in [2.24, 2.45) is 5.41 Å². The molecule has 0 radical (unpaired) electrons. The summed E-state index contributed by atoms with van der Waals surface area (Å²) in [5.74, 6) is 0. The second-order valence-electron chi connectivity index (χ2n) is 5.53. The molecule has 0 spiro atoms. The van der Waals surface area contributed by atoms with E-state index in [4.69, 9.17) is 9.47 Å². The third kappa shape index (κ3) is 5.83. The zero-order chi connectivity index (χ0) is 11.9. The zero-order valence-corrected chi connectivity index (χ0v) is 11.1. The highest BCUT2D eigenvalue weighted by Gasteiger charge is 2.19. The minimum Gasteiger partial charge on any atom is -0.385 e. The molecule has 1 saturated heterocycles. The van der Waals surface area contributed by atoms with Crippen molar-refractivity contribution in [3.8, 4) is 0 Å². The van der Waals surface area contributed by atoms with E-state index in [1.807, 2.05) is 0 Å². The molecule has 1 fully saturated rings. The smallest absolute Gasteiger partial charge is 0.0699 e. The lowest BCUT2D eigenvalue weighted by atomic mass is 9.89. The van der Waals surface area contributed by atoms with Gasteiger partial charge in [0.2, 0.25) is 0 Å². The van der Waals surface area contributed by atoms with Gasteiger partial charge in [0.1, 0.15) is 0 Å². The molecule has 1 rings (SSSR count). The minimum absolute atomic E-state index is 0.310. The first-order valence-electron chi connectivity index (χ1n) is 6.45. The van der Waals surface area contributed by atoms with Gasteiger partial charge in [0.15, 0.2) is 0 Å². The van der Waals surface area contributed by atoms with E-state index in [9.17, 15) is 0 Å². The van der Waals surface area contributed by atoms with E-state index in [0.717, 1.165) is 32.7 Å². The van der Waals surface area contributed by atoms with Crippen molar-refractivity contribution in [1.82, 2.24) is 5.32 Å². The quantitative estimate of drug-likeness (QED) is 0.726. The van der Waals surface area contributed by atoms with E-state index in [2.05, 4.69) is 19.2 Å². The maximum Gasteiger partial charge on any atom is 0.0699 e. The van der Waals surface area contributed by atoms with E-state index in [1.165, 1.54) is 19.3 Å². The minimum atomic E-state index is 0.310. The van der Waals surface area contributed by atoms with Gasteiger partial charge in [0.05, 0.1) is 6.10 Å². The van der Waals surface area contributed by atoms with Crippen LogP contribution in [0.4, 0.5) is 0 Å². The van der Waals surface area contributed by atoms with Crippen molar-refractivity contribution >= 4 is 0 Å². The van der Waals surface area contributed by atoms with Crippen LogP contribution in [0.2, 0.25) is 0 Å². The Bertz CT molecular complexity index is 177. The molecule has 1 aliphatic rings. The van der Waals surface area contributed by atoms with Crippen LogP contribution in [0.25, 0.3) is 0 Å². The summed E-state index contributed by atoms with van der Waals surface area (Å²) in [5, 5.41) is 3.52. The molecule has 0 bridgehead atoms.